The molecule has 2 aliphatic rings. The Balaban J connectivity index is 2.38. The normalized spacial score (nSPS) is 32.8. The van der Waals surface area contributed by atoms with Crippen molar-refractivity contribution in [1.82, 2.24) is 0 Å². The van der Waals surface area contributed by atoms with Crippen LogP contribution < -0.4 is 0 Å². The smallest absolute Gasteiger partial charge is 0.373 e. The first-order valence-corrected chi connectivity index (χ1v) is 6.05. The number of aliphatic hydroxyl groups excluding tert-OH is 1. The molecule has 1 unspecified atom stereocenters. The summed E-state index contributed by atoms with van der Waals surface area (Å²) in [7, 11) is 0. The van der Waals surface area contributed by atoms with Crippen LogP contribution in [-0.4, -0.2) is 23.5 Å². The summed E-state index contributed by atoms with van der Waals surface area (Å²) < 4.78 is 4.74. The van der Waals surface area contributed by atoms with Crippen LogP contribution in [0.3, 0.4) is 0 Å². The summed E-state index contributed by atoms with van der Waals surface area (Å²) in [4.78, 5) is 23.6. The Kier molecular flexibility index (Phi) is 2.76. The van der Waals surface area contributed by atoms with Gasteiger partial charge < -0.3 is 9.84 Å². The zero-order valence-corrected chi connectivity index (χ0v) is 10.4. The van der Waals surface area contributed by atoms with E-state index in [4.69, 9.17) is 4.74 Å². The number of rotatable bonds is 2. The molecule has 0 aromatic carbocycles. The van der Waals surface area contributed by atoms with Gasteiger partial charge in [0.05, 0.1) is 6.61 Å². The minimum atomic E-state index is -0.779. The van der Waals surface area contributed by atoms with Crippen LogP contribution in [0.4, 0.5) is 0 Å². The fraction of sp³-hybridized carbons (Fsp3) is 0.692. The van der Waals surface area contributed by atoms with Gasteiger partial charge >= 0.3 is 5.97 Å². The molecule has 0 aromatic rings. The number of esters is 1. The van der Waals surface area contributed by atoms with Crippen molar-refractivity contribution in [2.45, 2.75) is 33.6 Å². The molecule has 2 fully saturated rings. The Labute approximate surface area is 101 Å². The number of hydrogen-bond donors (Lipinski definition) is 1. The van der Waals surface area contributed by atoms with Gasteiger partial charge in [0.25, 0.3) is 0 Å². The molecular weight excluding hydrogens is 220 g/mol. The summed E-state index contributed by atoms with van der Waals surface area (Å²) in [5, 5.41) is 9.86. The Morgan fingerprint density at radius 2 is 2.00 bits per heavy atom. The third kappa shape index (κ3) is 1.58. The van der Waals surface area contributed by atoms with Crippen LogP contribution in [0.2, 0.25) is 0 Å². The third-order valence-corrected chi connectivity index (χ3v) is 4.19. The molecule has 4 heteroatoms. The molecule has 0 aliphatic heterocycles. The number of ketones is 1. The lowest BCUT2D eigenvalue weighted by Gasteiger charge is -2.22. The van der Waals surface area contributed by atoms with Crippen molar-refractivity contribution in [2.75, 3.05) is 6.61 Å². The number of Topliss-reactive ketones (excluding diaryl/α,β-unsaturated/α-hetero) is 1. The molecule has 1 N–H and O–H groups in total. The van der Waals surface area contributed by atoms with Crippen LogP contribution in [0.1, 0.15) is 33.6 Å². The lowest BCUT2D eigenvalue weighted by molar-refractivity contribution is -0.142. The van der Waals surface area contributed by atoms with E-state index in [1.165, 1.54) is 0 Å². The maximum atomic E-state index is 12.1. The van der Waals surface area contributed by atoms with Crippen molar-refractivity contribution < 1.29 is 19.4 Å². The topological polar surface area (TPSA) is 63.6 Å². The van der Waals surface area contributed by atoms with Gasteiger partial charge in [0, 0.05) is 11.5 Å². The standard InChI is InChI=1S/C13H18O4/c1-4-17-12(16)11(15)9-7-5-6-8(10(9)14)13(7,2)3/h7-8,15H,4-6H2,1-3H3/t7-,8?/m1/s1. The first-order chi connectivity index (χ1) is 7.91. The van der Waals surface area contributed by atoms with E-state index in [-0.39, 0.29) is 29.6 Å². The van der Waals surface area contributed by atoms with Gasteiger partial charge in [0.15, 0.2) is 5.78 Å². The molecule has 2 atom stereocenters. The number of carbonyl (C=O) groups excluding carboxylic acids is 2. The van der Waals surface area contributed by atoms with Gasteiger partial charge in [-0.3, -0.25) is 4.79 Å². The summed E-state index contributed by atoms with van der Waals surface area (Å²) in [6.45, 7) is 5.92. The van der Waals surface area contributed by atoms with Gasteiger partial charge in [-0.25, -0.2) is 4.79 Å². The van der Waals surface area contributed by atoms with Crippen LogP contribution in [0.15, 0.2) is 11.3 Å². The average Bonchev–Trinajstić information content (AvgIpc) is 2.64. The van der Waals surface area contributed by atoms with Crippen molar-refractivity contribution in [1.29, 1.82) is 0 Å². The lowest BCUT2D eigenvalue weighted by Crippen LogP contribution is -2.19. The van der Waals surface area contributed by atoms with E-state index in [1.807, 2.05) is 13.8 Å². The van der Waals surface area contributed by atoms with E-state index in [1.54, 1.807) is 6.92 Å². The van der Waals surface area contributed by atoms with Crippen molar-refractivity contribution in [3.63, 3.8) is 0 Å². The van der Waals surface area contributed by atoms with Crippen molar-refractivity contribution in [3.05, 3.63) is 11.3 Å². The molecule has 0 radical (unpaired) electrons. The first-order valence-electron chi connectivity index (χ1n) is 6.05. The Morgan fingerprint density at radius 1 is 1.41 bits per heavy atom. The largest absolute Gasteiger partial charge is 0.502 e. The number of ether oxygens (including phenoxy) is 1. The van der Waals surface area contributed by atoms with Crippen LogP contribution in [-0.2, 0) is 14.3 Å². The first kappa shape index (κ1) is 12.1. The van der Waals surface area contributed by atoms with Gasteiger partial charge in [0.2, 0.25) is 5.76 Å². The molecule has 0 aromatic heterocycles. The summed E-state index contributed by atoms with van der Waals surface area (Å²) in [5.74, 6) is -1.39. The van der Waals surface area contributed by atoms with Crippen molar-refractivity contribution in [2.24, 2.45) is 17.3 Å². The minimum absolute atomic E-state index is 0.00981. The zero-order valence-electron chi connectivity index (χ0n) is 10.4. The third-order valence-electron chi connectivity index (χ3n) is 4.19. The average molecular weight is 238 g/mol. The van der Waals surface area contributed by atoms with Gasteiger partial charge in [0.1, 0.15) is 0 Å². The molecule has 4 nitrogen and oxygen atoms in total. The molecule has 0 spiro atoms. The molecule has 0 heterocycles. The number of carbonyl (C=O) groups is 2. The van der Waals surface area contributed by atoms with Crippen LogP contribution in [0, 0.1) is 17.3 Å². The van der Waals surface area contributed by atoms with Gasteiger partial charge in [-0.1, -0.05) is 13.8 Å². The molecule has 2 bridgehead atoms. The van der Waals surface area contributed by atoms with E-state index >= 15 is 0 Å². The summed E-state index contributed by atoms with van der Waals surface area (Å²) in [6.07, 6.45) is 1.72. The van der Waals surface area contributed by atoms with Crippen molar-refractivity contribution in [3.8, 4) is 0 Å². The van der Waals surface area contributed by atoms with Crippen LogP contribution in [0.25, 0.3) is 0 Å². The fourth-order valence-corrected chi connectivity index (χ4v) is 3.26. The molecule has 2 aliphatic carbocycles. The molecule has 94 valence electrons. The SMILES string of the molecule is CCOC(=O)C(O)=C1C(=O)C2CC[C@H]1C2(C)C. The lowest BCUT2D eigenvalue weighted by atomic mass is 9.81. The Hall–Kier alpha value is -1.32. The van der Waals surface area contributed by atoms with E-state index in [0.717, 1.165) is 12.8 Å². The second kappa shape index (κ2) is 3.86. The minimum Gasteiger partial charge on any atom is -0.502 e. The fourth-order valence-electron chi connectivity index (χ4n) is 3.26. The quantitative estimate of drug-likeness (QED) is 0.454. The molecule has 0 saturated heterocycles. The molecule has 17 heavy (non-hydrogen) atoms. The van der Waals surface area contributed by atoms with E-state index in [2.05, 4.69) is 0 Å². The highest BCUT2D eigenvalue weighted by molar-refractivity contribution is 6.07. The maximum Gasteiger partial charge on any atom is 0.373 e. The van der Waals surface area contributed by atoms with Gasteiger partial charge in [-0.05, 0) is 31.1 Å². The second-order valence-electron chi connectivity index (χ2n) is 5.35. The zero-order chi connectivity index (χ0) is 12.8. The highest BCUT2D eigenvalue weighted by Gasteiger charge is 2.57. The summed E-state index contributed by atoms with van der Waals surface area (Å²) >= 11 is 0. The monoisotopic (exact) mass is 238 g/mol. The number of aliphatic hydroxyl groups is 1. The van der Waals surface area contributed by atoms with Gasteiger partial charge in [-0.15, -0.1) is 0 Å². The Morgan fingerprint density at radius 3 is 2.47 bits per heavy atom. The number of hydrogen-bond acceptors (Lipinski definition) is 4. The Bertz CT molecular complexity index is 406. The second-order valence-corrected chi connectivity index (χ2v) is 5.35. The van der Waals surface area contributed by atoms with Crippen LogP contribution >= 0.6 is 0 Å². The summed E-state index contributed by atoms with van der Waals surface area (Å²) in [6, 6.07) is 0. The van der Waals surface area contributed by atoms with E-state index in [9.17, 15) is 14.7 Å². The highest BCUT2D eigenvalue weighted by Crippen LogP contribution is 2.58. The number of fused-ring (bicyclic) bond motifs is 2. The highest BCUT2D eigenvalue weighted by atomic mass is 16.5. The van der Waals surface area contributed by atoms with Gasteiger partial charge in [-0.2, -0.15) is 0 Å². The molecule has 0 amide bonds. The predicted octanol–water partition coefficient (Wildman–Crippen LogP) is 2.00. The van der Waals surface area contributed by atoms with Crippen LogP contribution in [0.5, 0.6) is 0 Å². The van der Waals surface area contributed by atoms with E-state index < -0.39 is 11.7 Å². The van der Waals surface area contributed by atoms with E-state index in [0.29, 0.717) is 5.57 Å². The molecule has 2 rings (SSSR count). The number of allylic oxidation sites excluding steroid dienone is 1. The molecular formula is C13H18O4. The maximum absolute atomic E-state index is 12.1. The van der Waals surface area contributed by atoms with Crippen molar-refractivity contribution >= 4 is 11.8 Å². The predicted molar refractivity (Wildman–Crippen MR) is 61.3 cm³/mol. The molecule has 2 saturated carbocycles. The summed E-state index contributed by atoms with van der Waals surface area (Å²) in [5.41, 5.74) is 0.150.